The van der Waals surface area contributed by atoms with E-state index in [1.165, 1.54) is 6.08 Å². The normalized spacial score (nSPS) is 17.0. The number of halogens is 3. The molecule has 28 heavy (non-hydrogen) atoms. The van der Waals surface area contributed by atoms with Gasteiger partial charge in [0, 0.05) is 50.1 Å². The van der Waals surface area contributed by atoms with E-state index >= 15 is 0 Å². The van der Waals surface area contributed by atoms with Crippen molar-refractivity contribution in [3.63, 3.8) is 0 Å². The van der Waals surface area contributed by atoms with Gasteiger partial charge in [-0.3, -0.25) is 9.48 Å². The lowest BCUT2D eigenvalue weighted by molar-refractivity contribution is -0.139. The molecule has 1 amide bonds. The number of carbonyl (C=O) groups excluding carboxylic acids is 1. The van der Waals surface area contributed by atoms with Crippen LogP contribution in [0, 0.1) is 0 Å². The lowest BCUT2D eigenvalue weighted by atomic mass is 9.94. The number of pyridine rings is 1. The van der Waals surface area contributed by atoms with Crippen molar-refractivity contribution >= 4 is 5.91 Å². The summed E-state index contributed by atoms with van der Waals surface area (Å²) in [5, 5.41) is 4.40. The molecule has 9 heteroatoms. The molecule has 0 aromatic carbocycles. The van der Waals surface area contributed by atoms with Crippen molar-refractivity contribution < 1.29 is 22.7 Å². The number of aromatic nitrogens is 3. The van der Waals surface area contributed by atoms with Gasteiger partial charge >= 0.3 is 6.18 Å². The lowest BCUT2D eigenvalue weighted by Gasteiger charge is -2.17. The quantitative estimate of drug-likeness (QED) is 0.706. The summed E-state index contributed by atoms with van der Waals surface area (Å²) in [6.07, 6.45) is 0.115. The first kappa shape index (κ1) is 19.9. The van der Waals surface area contributed by atoms with Crippen LogP contribution in [0.1, 0.15) is 24.3 Å². The average molecular weight is 394 g/mol. The highest BCUT2D eigenvalue weighted by atomic mass is 19.4. The SMILES string of the molecule is C=CC(=O)N1CC[C@H](c2cnc(OCCC(F)(F)F)cc2-c2ccn(C)n2)C1. The molecular weight excluding hydrogens is 373 g/mol. The van der Waals surface area contributed by atoms with Gasteiger partial charge < -0.3 is 9.64 Å². The number of aryl methyl sites for hydroxylation is 1. The molecule has 2 aromatic rings. The molecule has 2 aromatic heterocycles. The largest absolute Gasteiger partial charge is 0.477 e. The standard InChI is InChI=1S/C19H21F3N4O2/c1-3-18(27)26-8-4-13(12-26)15-11-23-17(28-9-6-19(20,21)22)10-14(15)16-5-7-25(2)24-16/h3,5,7,10-11,13H,1,4,6,8-9,12H2,2H3/t13-/m0/s1. The summed E-state index contributed by atoms with van der Waals surface area (Å²) in [5.74, 6) is 0.0465. The highest BCUT2D eigenvalue weighted by Crippen LogP contribution is 2.35. The Hall–Kier alpha value is -2.84. The molecule has 1 aliphatic heterocycles. The molecule has 1 saturated heterocycles. The molecule has 3 heterocycles. The third kappa shape index (κ3) is 4.71. The summed E-state index contributed by atoms with van der Waals surface area (Å²) in [6, 6.07) is 3.44. The second kappa shape index (κ2) is 8.04. The monoisotopic (exact) mass is 394 g/mol. The zero-order chi connectivity index (χ0) is 20.3. The Labute approximate surface area is 160 Å². The van der Waals surface area contributed by atoms with Gasteiger partial charge in [0.2, 0.25) is 11.8 Å². The van der Waals surface area contributed by atoms with Gasteiger partial charge in [-0.2, -0.15) is 18.3 Å². The van der Waals surface area contributed by atoms with Crippen LogP contribution >= 0.6 is 0 Å². The first-order valence-corrected chi connectivity index (χ1v) is 8.87. The average Bonchev–Trinajstić information content (AvgIpc) is 3.29. The van der Waals surface area contributed by atoms with Gasteiger partial charge in [0.1, 0.15) is 0 Å². The number of nitrogens with zero attached hydrogens (tertiary/aromatic N) is 4. The van der Waals surface area contributed by atoms with Crippen molar-refractivity contribution in [2.45, 2.75) is 24.9 Å². The highest BCUT2D eigenvalue weighted by molar-refractivity contribution is 5.87. The fourth-order valence-corrected chi connectivity index (χ4v) is 3.25. The smallest absolute Gasteiger partial charge is 0.392 e. The van der Waals surface area contributed by atoms with Crippen LogP contribution in [0.15, 0.2) is 37.2 Å². The van der Waals surface area contributed by atoms with Gasteiger partial charge in [-0.15, -0.1) is 0 Å². The molecule has 1 aliphatic rings. The molecule has 0 bridgehead atoms. The summed E-state index contributed by atoms with van der Waals surface area (Å²) in [4.78, 5) is 17.8. The number of hydrogen-bond donors (Lipinski definition) is 0. The molecule has 0 aliphatic carbocycles. The lowest BCUT2D eigenvalue weighted by Crippen LogP contribution is -2.26. The fourth-order valence-electron chi connectivity index (χ4n) is 3.25. The van der Waals surface area contributed by atoms with Crippen LogP contribution in [0.5, 0.6) is 5.88 Å². The Bertz CT molecular complexity index is 863. The van der Waals surface area contributed by atoms with Crippen molar-refractivity contribution in [3.8, 4) is 17.1 Å². The fraction of sp³-hybridized carbons (Fsp3) is 0.421. The van der Waals surface area contributed by atoms with Crippen LogP contribution in [0.4, 0.5) is 13.2 Å². The summed E-state index contributed by atoms with van der Waals surface area (Å²) in [7, 11) is 1.78. The Morgan fingerprint density at radius 2 is 2.25 bits per heavy atom. The summed E-state index contributed by atoms with van der Waals surface area (Å²) in [6.45, 7) is 4.16. The molecule has 0 spiro atoms. The maximum Gasteiger partial charge on any atom is 0.392 e. The summed E-state index contributed by atoms with van der Waals surface area (Å²) >= 11 is 0. The Kier molecular flexibility index (Phi) is 5.71. The Morgan fingerprint density at radius 3 is 2.89 bits per heavy atom. The van der Waals surface area contributed by atoms with E-state index in [-0.39, 0.29) is 17.7 Å². The molecule has 0 saturated carbocycles. The zero-order valence-corrected chi connectivity index (χ0v) is 15.4. The molecule has 0 unspecified atom stereocenters. The molecule has 3 rings (SSSR count). The van der Waals surface area contributed by atoms with Crippen molar-refractivity contribution in [2.75, 3.05) is 19.7 Å². The molecule has 1 atom stereocenters. The molecule has 1 fully saturated rings. The number of alkyl halides is 3. The number of amides is 1. The Balaban J connectivity index is 1.85. The van der Waals surface area contributed by atoms with Crippen LogP contribution in [0.2, 0.25) is 0 Å². The van der Waals surface area contributed by atoms with Gasteiger partial charge in [-0.1, -0.05) is 6.58 Å². The number of hydrogen-bond acceptors (Lipinski definition) is 4. The van der Waals surface area contributed by atoms with Crippen molar-refractivity contribution in [2.24, 2.45) is 7.05 Å². The van der Waals surface area contributed by atoms with E-state index in [0.717, 1.165) is 17.5 Å². The minimum absolute atomic E-state index is 0.0534. The van der Waals surface area contributed by atoms with Crippen molar-refractivity contribution in [3.05, 3.63) is 42.7 Å². The molecular formula is C19H21F3N4O2. The minimum Gasteiger partial charge on any atom is -0.477 e. The van der Waals surface area contributed by atoms with Gasteiger partial charge in [0.25, 0.3) is 0 Å². The van der Waals surface area contributed by atoms with E-state index in [1.807, 2.05) is 6.07 Å². The molecule has 0 radical (unpaired) electrons. The van der Waals surface area contributed by atoms with E-state index in [4.69, 9.17) is 4.74 Å². The zero-order valence-electron chi connectivity index (χ0n) is 15.4. The van der Waals surface area contributed by atoms with Crippen LogP contribution in [-0.2, 0) is 11.8 Å². The van der Waals surface area contributed by atoms with E-state index in [9.17, 15) is 18.0 Å². The maximum absolute atomic E-state index is 12.4. The molecule has 0 N–H and O–H groups in total. The second-order valence-electron chi connectivity index (χ2n) is 6.67. The van der Waals surface area contributed by atoms with Crippen LogP contribution in [0.3, 0.4) is 0 Å². The van der Waals surface area contributed by atoms with Crippen molar-refractivity contribution in [1.82, 2.24) is 19.7 Å². The topological polar surface area (TPSA) is 60.3 Å². The third-order valence-corrected chi connectivity index (χ3v) is 4.65. The molecule has 6 nitrogen and oxygen atoms in total. The van der Waals surface area contributed by atoms with Gasteiger partial charge in [0.15, 0.2) is 0 Å². The number of likely N-dealkylation sites (tertiary alicyclic amines) is 1. The highest BCUT2D eigenvalue weighted by Gasteiger charge is 2.29. The van der Waals surface area contributed by atoms with Crippen molar-refractivity contribution in [1.29, 1.82) is 0 Å². The van der Waals surface area contributed by atoms with Crippen LogP contribution in [-0.4, -0.2) is 51.4 Å². The van der Waals surface area contributed by atoms with Gasteiger partial charge in [-0.25, -0.2) is 4.98 Å². The molecule has 150 valence electrons. The van der Waals surface area contributed by atoms with Crippen LogP contribution < -0.4 is 4.74 Å². The predicted octanol–water partition coefficient (Wildman–Crippen LogP) is 3.32. The van der Waals surface area contributed by atoms with E-state index in [0.29, 0.717) is 18.8 Å². The Morgan fingerprint density at radius 1 is 1.46 bits per heavy atom. The first-order chi connectivity index (χ1) is 13.3. The second-order valence-corrected chi connectivity index (χ2v) is 6.67. The number of rotatable bonds is 6. The van der Waals surface area contributed by atoms with Crippen LogP contribution in [0.25, 0.3) is 11.3 Å². The summed E-state index contributed by atoms with van der Waals surface area (Å²) in [5.41, 5.74) is 2.31. The first-order valence-electron chi connectivity index (χ1n) is 8.87. The van der Waals surface area contributed by atoms with E-state index in [2.05, 4.69) is 16.7 Å². The summed E-state index contributed by atoms with van der Waals surface area (Å²) < 4.78 is 43.9. The van der Waals surface area contributed by atoms with E-state index < -0.39 is 19.2 Å². The van der Waals surface area contributed by atoms with Gasteiger partial charge in [-0.05, 0) is 24.1 Å². The number of carbonyl (C=O) groups is 1. The van der Waals surface area contributed by atoms with Gasteiger partial charge in [0.05, 0.1) is 18.7 Å². The maximum atomic E-state index is 12.4. The number of ether oxygens (including phenoxy) is 1. The van der Waals surface area contributed by atoms with E-state index in [1.54, 1.807) is 35.1 Å². The minimum atomic E-state index is -4.28. The third-order valence-electron chi connectivity index (χ3n) is 4.65. The predicted molar refractivity (Wildman–Crippen MR) is 96.7 cm³/mol.